The van der Waals surface area contributed by atoms with Gasteiger partial charge >= 0.3 is 0 Å². The van der Waals surface area contributed by atoms with Crippen LogP contribution in [0, 0.1) is 0 Å². The summed E-state index contributed by atoms with van der Waals surface area (Å²) < 4.78 is 1.28. The Kier molecular flexibility index (Phi) is 7.20. The SMILES string of the molecule is CCCc1cccc(Br)c1CCC.[SiH4]. The van der Waals surface area contributed by atoms with E-state index in [2.05, 4.69) is 48.0 Å². The van der Waals surface area contributed by atoms with Gasteiger partial charge in [-0.2, -0.15) is 0 Å². The maximum Gasteiger partial charge on any atom is 0.0210 e. The minimum absolute atomic E-state index is 0. The maximum atomic E-state index is 3.62. The van der Waals surface area contributed by atoms with Crippen LogP contribution >= 0.6 is 15.9 Å². The van der Waals surface area contributed by atoms with Crippen molar-refractivity contribution >= 4 is 26.9 Å². The van der Waals surface area contributed by atoms with Gasteiger partial charge in [-0.3, -0.25) is 0 Å². The third-order valence-corrected chi connectivity index (χ3v) is 2.98. The summed E-state index contributed by atoms with van der Waals surface area (Å²) in [5, 5.41) is 0. The summed E-state index contributed by atoms with van der Waals surface area (Å²) in [6.07, 6.45) is 4.85. The predicted octanol–water partition coefficient (Wildman–Crippen LogP) is 2.90. The lowest BCUT2D eigenvalue weighted by Gasteiger charge is -2.09. The minimum Gasteiger partial charge on any atom is -0.0651 e. The first-order valence-corrected chi connectivity index (χ1v) is 5.85. The van der Waals surface area contributed by atoms with E-state index >= 15 is 0 Å². The van der Waals surface area contributed by atoms with Gasteiger partial charge in [0.15, 0.2) is 0 Å². The molecule has 0 aliphatic carbocycles. The van der Waals surface area contributed by atoms with E-state index in [1.165, 1.54) is 41.3 Å². The Hall–Kier alpha value is -0.0831. The van der Waals surface area contributed by atoms with E-state index < -0.39 is 0 Å². The van der Waals surface area contributed by atoms with Crippen LogP contribution in [-0.4, -0.2) is 11.0 Å². The van der Waals surface area contributed by atoms with E-state index in [0.717, 1.165) is 0 Å². The highest BCUT2D eigenvalue weighted by atomic mass is 79.9. The van der Waals surface area contributed by atoms with E-state index in [0.29, 0.717) is 0 Å². The molecule has 0 amide bonds. The van der Waals surface area contributed by atoms with Gasteiger partial charge in [-0.05, 0) is 41.0 Å². The average molecular weight is 273 g/mol. The number of rotatable bonds is 4. The number of halogens is 1. The highest BCUT2D eigenvalue weighted by Gasteiger charge is 2.03. The van der Waals surface area contributed by atoms with E-state index in [1.54, 1.807) is 0 Å². The summed E-state index contributed by atoms with van der Waals surface area (Å²) in [7, 11) is 0. The molecule has 80 valence electrons. The van der Waals surface area contributed by atoms with Crippen molar-refractivity contribution in [2.75, 3.05) is 0 Å². The zero-order valence-corrected chi connectivity index (χ0v) is 10.0. The maximum absolute atomic E-state index is 3.62. The third-order valence-electron chi connectivity index (χ3n) is 2.24. The number of hydrogen-bond acceptors (Lipinski definition) is 0. The van der Waals surface area contributed by atoms with Crippen molar-refractivity contribution in [1.82, 2.24) is 0 Å². The summed E-state index contributed by atoms with van der Waals surface area (Å²) in [6, 6.07) is 6.53. The van der Waals surface area contributed by atoms with Gasteiger partial charge in [0.2, 0.25) is 0 Å². The van der Waals surface area contributed by atoms with Crippen molar-refractivity contribution in [1.29, 1.82) is 0 Å². The molecule has 0 bridgehead atoms. The zero-order chi connectivity index (χ0) is 9.68. The first kappa shape index (κ1) is 13.9. The van der Waals surface area contributed by atoms with Crippen LogP contribution in [0.1, 0.15) is 37.8 Å². The minimum atomic E-state index is 0. The molecule has 0 atom stereocenters. The van der Waals surface area contributed by atoms with Crippen LogP contribution < -0.4 is 0 Å². The topological polar surface area (TPSA) is 0 Å². The van der Waals surface area contributed by atoms with Crippen LogP contribution in [0.4, 0.5) is 0 Å². The number of benzene rings is 1. The van der Waals surface area contributed by atoms with Gasteiger partial charge in [0.1, 0.15) is 0 Å². The highest BCUT2D eigenvalue weighted by Crippen LogP contribution is 2.23. The molecule has 0 heterocycles. The normalized spacial score (nSPS) is 9.64. The molecule has 0 fully saturated rings. The van der Waals surface area contributed by atoms with Gasteiger partial charge in [0, 0.05) is 4.47 Å². The largest absolute Gasteiger partial charge is 0.0651 e. The molecule has 2 heteroatoms. The molecular weight excluding hydrogens is 252 g/mol. The Morgan fingerprint density at radius 3 is 2.29 bits per heavy atom. The smallest absolute Gasteiger partial charge is 0.0210 e. The summed E-state index contributed by atoms with van der Waals surface area (Å²) in [4.78, 5) is 0. The van der Waals surface area contributed by atoms with Gasteiger partial charge in [-0.15, -0.1) is 0 Å². The molecule has 0 saturated heterocycles. The molecule has 0 spiro atoms. The summed E-state index contributed by atoms with van der Waals surface area (Å²) in [6.45, 7) is 4.46. The molecule has 0 aromatic heterocycles. The van der Waals surface area contributed by atoms with Gasteiger partial charge in [-0.25, -0.2) is 0 Å². The Bertz CT molecular complexity index is 271. The van der Waals surface area contributed by atoms with Crippen molar-refractivity contribution in [2.45, 2.75) is 39.5 Å². The first-order chi connectivity index (χ1) is 6.29. The lowest BCUT2D eigenvalue weighted by molar-refractivity contribution is 0.857. The number of aryl methyl sites for hydroxylation is 1. The second kappa shape index (κ2) is 7.24. The Morgan fingerprint density at radius 1 is 1.07 bits per heavy atom. The third kappa shape index (κ3) is 3.58. The van der Waals surface area contributed by atoms with Crippen molar-refractivity contribution in [3.8, 4) is 0 Å². The molecule has 0 N–H and O–H groups in total. The molecule has 0 saturated carbocycles. The van der Waals surface area contributed by atoms with Crippen LogP contribution in [-0.2, 0) is 12.8 Å². The predicted molar refractivity (Wildman–Crippen MR) is 73.5 cm³/mol. The quantitative estimate of drug-likeness (QED) is 0.740. The molecule has 1 aromatic rings. The van der Waals surface area contributed by atoms with Gasteiger partial charge < -0.3 is 0 Å². The van der Waals surface area contributed by atoms with Gasteiger partial charge in [0.25, 0.3) is 0 Å². The van der Waals surface area contributed by atoms with E-state index in [-0.39, 0.29) is 11.0 Å². The van der Waals surface area contributed by atoms with Crippen LogP contribution in [0.2, 0.25) is 0 Å². The summed E-state index contributed by atoms with van der Waals surface area (Å²) in [5.74, 6) is 0. The molecule has 0 aliphatic heterocycles. The standard InChI is InChI=1S/C12H17Br.H4Si/c1-3-6-10-8-5-9-12(13)11(10)7-4-2;/h5,8-9H,3-4,6-7H2,1-2H3;1H4. The lowest BCUT2D eigenvalue weighted by Crippen LogP contribution is -1.94. The van der Waals surface area contributed by atoms with E-state index in [4.69, 9.17) is 0 Å². The first-order valence-electron chi connectivity index (χ1n) is 5.05. The molecular formula is C12H21BrSi. The average Bonchev–Trinajstić information content (AvgIpc) is 2.11. The Labute approximate surface area is 100 Å². The molecule has 0 radical (unpaired) electrons. The van der Waals surface area contributed by atoms with Crippen LogP contribution in [0.15, 0.2) is 22.7 Å². The fourth-order valence-electron chi connectivity index (χ4n) is 1.64. The van der Waals surface area contributed by atoms with Crippen LogP contribution in [0.5, 0.6) is 0 Å². The van der Waals surface area contributed by atoms with Gasteiger partial charge in [0.05, 0.1) is 0 Å². The van der Waals surface area contributed by atoms with Crippen molar-refractivity contribution in [2.24, 2.45) is 0 Å². The molecule has 1 aromatic carbocycles. The van der Waals surface area contributed by atoms with Crippen molar-refractivity contribution in [3.05, 3.63) is 33.8 Å². The number of hydrogen-bond donors (Lipinski definition) is 0. The van der Waals surface area contributed by atoms with Crippen molar-refractivity contribution in [3.63, 3.8) is 0 Å². The molecule has 14 heavy (non-hydrogen) atoms. The second-order valence-electron chi connectivity index (χ2n) is 3.38. The van der Waals surface area contributed by atoms with E-state index in [1.807, 2.05) is 0 Å². The summed E-state index contributed by atoms with van der Waals surface area (Å²) in [5.41, 5.74) is 3.02. The Balaban J connectivity index is 0.00000169. The molecule has 1 rings (SSSR count). The monoisotopic (exact) mass is 272 g/mol. The van der Waals surface area contributed by atoms with Crippen molar-refractivity contribution < 1.29 is 0 Å². The van der Waals surface area contributed by atoms with E-state index in [9.17, 15) is 0 Å². The zero-order valence-electron chi connectivity index (χ0n) is 8.44. The Morgan fingerprint density at radius 2 is 1.71 bits per heavy atom. The van der Waals surface area contributed by atoms with Crippen LogP contribution in [0.25, 0.3) is 0 Å². The molecule has 0 unspecified atom stereocenters. The fraction of sp³-hybridized carbons (Fsp3) is 0.500. The summed E-state index contributed by atoms with van der Waals surface area (Å²) >= 11 is 3.62. The molecule has 0 aliphatic rings. The van der Waals surface area contributed by atoms with Gasteiger partial charge in [-0.1, -0.05) is 54.8 Å². The highest BCUT2D eigenvalue weighted by molar-refractivity contribution is 9.10. The van der Waals surface area contributed by atoms with Crippen LogP contribution in [0.3, 0.4) is 0 Å². The second-order valence-corrected chi connectivity index (χ2v) is 4.23. The molecule has 0 nitrogen and oxygen atoms in total. The lowest BCUT2D eigenvalue weighted by atomic mass is 10.00. The fourth-order valence-corrected chi connectivity index (χ4v) is 2.24.